The number of phenolic OH excluding ortho intramolecular Hbond substituents is 1. The molecule has 0 unspecified atom stereocenters. The Morgan fingerprint density at radius 1 is 1.36 bits per heavy atom. The average Bonchev–Trinajstić information content (AvgIpc) is 2.16. The highest BCUT2D eigenvalue weighted by Crippen LogP contribution is 2.09. The fourth-order valence-electron chi connectivity index (χ4n) is 1.02. The lowest BCUT2D eigenvalue weighted by molar-refractivity contribution is -0.0158. The predicted molar refractivity (Wildman–Crippen MR) is 52.2 cm³/mol. The van der Waals surface area contributed by atoms with Gasteiger partial charge in [0.25, 0.3) is 0 Å². The molecule has 0 radical (unpaired) electrons. The van der Waals surface area contributed by atoms with Gasteiger partial charge in [-0.1, -0.05) is 12.1 Å². The monoisotopic (exact) mass is 195 g/mol. The molecule has 0 aliphatic heterocycles. The lowest BCUT2D eigenvalue weighted by atomic mass is 10.1. The van der Waals surface area contributed by atoms with E-state index < -0.39 is 0 Å². The largest absolute Gasteiger partial charge is 0.508 e. The Hall–Kier alpha value is -1.75. The van der Waals surface area contributed by atoms with Gasteiger partial charge in [0.15, 0.2) is 0 Å². The molecule has 1 rings (SSSR count). The SMILES string of the molecule is N=C(N)N(O)CCc1ccc(O)cc1. The fourth-order valence-corrected chi connectivity index (χ4v) is 1.02. The van der Waals surface area contributed by atoms with Crippen molar-refractivity contribution in [3.63, 3.8) is 0 Å². The molecule has 5 nitrogen and oxygen atoms in total. The van der Waals surface area contributed by atoms with Crippen molar-refractivity contribution in [3.05, 3.63) is 29.8 Å². The number of phenols is 1. The van der Waals surface area contributed by atoms with Crippen LogP contribution in [-0.4, -0.2) is 27.9 Å². The first-order valence-electron chi connectivity index (χ1n) is 4.18. The fraction of sp³-hybridized carbons (Fsp3) is 0.222. The van der Waals surface area contributed by atoms with Crippen molar-refractivity contribution >= 4 is 5.96 Å². The van der Waals surface area contributed by atoms with Gasteiger partial charge in [-0.15, -0.1) is 0 Å². The van der Waals surface area contributed by atoms with Gasteiger partial charge in [0.05, 0.1) is 6.54 Å². The van der Waals surface area contributed by atoms with E-state index in [9.17, 15) is 0 Å². The van der Waals surface area contributed by atoms with Crippen molar-refractivity contribution in [2.45, 2.75) is 6.42 Å². The van der Waals surface area contributed by atoms with Crippen LogP contribution in [-0.2, 0) is 6.42 Å². The maximum atomic E-state index is 9.08. The number of aromatic hydroxyl groups is 1. The highest BCUT2D eigenvalue weighted by molar-refractivity contribution is 5.73. The molecule has 0 aromatic heterocycles. The molecule has 0 fully saturated rings. The van der Waals surface area contributed by atoms with Gasteiger partial charge in [-0.05, 0) is 24.1 Å². The number of nitrogens with zero attached hydrogens (tertiary/aromatic N) is 1. The van der Waals surface area contributed by atoms with Gasteiger partial charge in [-0.25, -0.2) is 5.06 Å². The minimum Gasteiger partial charge on any atom is -0.508 e. The van der Waals surface area contributed by atoms with Gasteiger partial charge in [-0.3, -0.25) is 10.6 Å². The molecule has 5 heteroatoms. The van der Waals surface area contributed by atoms with Crippen LogP contribution in [0.3, 0.4) is 0 Å². The molecule has 0 saturated carbocycles. The van der Waals surface area contributed by atoms with Gasteiger partial charge in [0.2, 0.25) is 5.96 Å². The summed E-state index contributed by atoms with van der Waals surface area (Å²) in [5, 5.41) is 25.7. The predicted octanol–water partition coefficient (Wildman–Crippen LogP) is 0.519. The first-order valence-corrected chi connectivity index (χ1v) is 4.18. The molecule has 0 saturated heterocycles. The lowest BCUT2D eigenvalue weighted by Gasteiger charge is -2.13. The zero-order valence-corrected chi connectivity index (χ0v) is 7.64. The number of guanidine groups is 1. The summed E-state index contributed by atoms with van der Waals surface area (Å²) in [5.74, 6) is -0.162. The molecule has 1 aromatic carbocycles. The van der Waals surface area contributed by atoms with E-state index in [2.05, 4.69) is 0 Å². The summed E-state index contributed by atoms with van der Waals surface area (Å²) in [5.41, 5.74) is 6.00. The van der Waals surface area contributed by atoms with Crippen LogP contribution in [0.5, 0.6) is 5.75 Å². The van der Waals surface area contributed by atoms with Gasteiger partial charge in [0.1, 0.15) is 5.75 Å². The minimum atomic E-state index is -0.372. The number of nitrogens with one attached hydrogen (secondary N) is 1. The number of hydrogen-bond acceptors (Lipinski definition) is 3. The van der Waals surface area contributed by atoms with Crippen molar-refractivity contribution in [2.24, 2.45) is 5.73 Å². The van der Waals surface area contributed by atoms with Gasteiger partial charge < -0.3 is 10.8 Å². The summed E-state index contributed by atoms with van der Waals surface area (Å²) in [6, 6.07) is 6.66. The van der Waals surface area contributed by atoms with E-state index in [0.29, 0.717) is 11.5 Å². The summed E-state index contributed by atoms with van der Waals surface area (Å²) < 4.78 is 0. The Balaban J connectivity index is 2.46. The lowest BCUT2D eigenvalue weighted by Crippen LogP contribution is -2.34. The summed E-state index contributed by atoms with van der Waals surface area (Å²) in [6.07, 6.45) is 0.566. The second-order valence-corrected chi connectivity index (χ2v) is 2.92. The standard InChI is InChI=1S/C9H13N3O2/c10-9(11)12(14)6-5-7-1-3-8(13)4-2-7/h1-4,13-14H,5-6H2,(H3,10,11). The van der Waals surface area contributed by atoms with Gasteiger partial charge in [0, 0.05) is 0 Å². The second kappa shape index (κ2) is 4.48. The quantitative estimate of drug-likeness (QED) is 0.321. The topological polar surface area (TPSA) is 93.6 Å². The van der Waals surface area contributed by atoms with Crippen molar-refractivity contribution < 1.29 is 10.3 Å². The van der Waals surface area contributed by atoms with E-state index in [0.717, 1.165) is 5.56 Å². The molecular weight excluding hydrogens is 182 g/mol. The molecule has 0 atom stereocenters. The average molecular weight is 195 g/mol. The first-order chi connectivity index (χ1) is 6.59. The molecule has 1 aromatic rings. The molecule has 14 heavy (non-hydrogen) atoms. The third kappa shape index (κ3) is 2.95. The molecule has 0 aliphatic carbocycles. The van der Waals surface area contributed by atoms with E-state index in [1.807, 2.05) is 0 Å². The molecule has 0 aliphatic rings. The van der Waals surface area contributed by atoms with Crippen LogP contribution in [0.25, 0.3) is 0 Å². The molecule has 76 valence electrons. The Bertz CT molecular complexity index is 310. The van der Waals surface area contributed by atoms with Crippen molar-refractivity contribution in [1.82, 2.24) is 5.06 Å². The Morgan fingerprint density at radius 3 is 2.43 bits per heavy atom. The Labute approximate surface area is 81.9 Å². The molecule has 0 spiro atoms. The number of rotatable bonds is 3. The number of benzene rings is 1. The van der Waals surface area contributed by atoms with Crippen LogP contribution >= 0.6 is 0 Å². The molecule has 0 amide bonds. The van der Waals surface area contributed by atoms with Crippen molar-refractivity contribution in [2.75, 3.05) is 6.54 Å². The zero-order chi connectivity index (χ0) is 10.6. The summed E-state index contributed by atoms with van der Waals surface area (Å²) in [7, 11) is 0. The van der Waals surface area contributed by atoms with Crippen molar-refractivity contribution in [1.29, 1.82) is 5.41 Å². The van der Waals surface area contributed by atoms with Gasteiger partial charge >= 0.3 is 0 Å². The maximum Gasteiger partial charge on any atom is 0.212 e. The second-order valence-electron chi connectivity index (χ2n) is 2.92. The number of hydrogen-bond donors (Lipinski definition) is 4. The Kier molecular flexibility index (Phi) is 3.30. The zero-order valence-electron chi connectivity index (χ0n) is 7.64. The first kappa shape index (κ1) is 10.3. The smallest absolute Gasteiger partial charge is 0.212 e. The van der Waals surface area contributed by atoms with E-state index in [1.54, 1.807) is 24.3 Å². The minimum absolute atomic E-state index is 0.209. The maximum absolute atomic E-state index is 9.08. The van der Waals surface area contributed by atoms with Gasteiger partial charge in [-0.2, -0.15) is 0 Å². The highest BCUT2D eigenvalue weighted by Gasteiger charge is 2.01. The Morgan fingerprint density at radius 2 is 1.93 bits per heavy atom. The van der Waals surface area contributed by atoms with Crippen LogP contribution in [0.1, 0.15) is 5.56 Å². The molecule has 0 heterocycles. The van der Waals surface area contributed by atoms with Crippen LogP contribution in [0.4, 0.5) is 0 Å². The summed E-state index contributed by atoms with van der Waals surface area (Å²) >= 11 is 0. The third-order valence-corrected chi connectivity index (χ3v) is 1.83. The van der Waals surface area contributed by atoms with Crippen molar-refractivity contribution in [3.8, 4) is 5.75 Å². The normalized spacial score (nSPS) is 9.79. The van der Waals surface area contributed by atoms with E-state index in [1.165, 1.54) is 0 Å². The molecular formula is C9H13N3O2. The van der Waals surface area contributed by atoms with E-state index >= 15 is 0 Å². The summed E-state index contributed by atoms with van der Waals surface area (Å²) in [6.45, 7) is 0.264. The van der Waals surface area contributed by atoms with Crippen LogP contribution in [0, 0.1) is 5.41 Å². The van der Waals surface area contributed by atoms with Crippen LogP contribution < -0.4 is 5.73 Å². The molecule has 0 bridgehead atoms. The van der Waals surface area contributed by atoms with E-state index in [4.69, 9.17) is 21.5 Å². The van der Waals surface area contributed by atoms with Crippen LogP contribution in [0.15, 0.2) is 24.3 Å². The molecule has 5 N–H and O–H groups in total. The third-order valence-electron chi connectivity index (χ3n) is 1.83. The number of hydroxylamine groups is 2. The van der Waals surface area contributed by atoms with E-state index in [-0.39, 0.29) is 18.3 Å². The summed E-state index contributed by atoms with van der Waals surface area (Å²) in [4.78, 5) is 0. The highest BCUT2D eigenvalue weighted by atomic mass is 16.5. The van der Waals surface area contributed by atoms with Crippen LogP contribution in [0.2, 0.25) is 0 Å². The number of nitrogens with two attached hydrogens (primary N) is 1.